The third-order valence-corrected chi connectivity index (χ3v) is 6.20. The van der Waals surface area contributed by atoms with E-state index in [1.807, 2.05) is 19.9 Å². The van der Waals surface area contributed by atoms with E-state index in [0.29, 0.717) is 23.2 Å². The summed E-state index contributed by atoms with van der Waals surface area (Å²) in [5, 5.41) is 8.01. The van der Waals surface area contributed by atoms with Gasteiger partial charge in [-0.3, -0.25) is 5.10 Å². The minimum atomic E-state index is -0.292. The number of nitrogens with zero attached hydrogens (tertiary/aromatic N) is 4. The molecule has 0 saturated carbocycles. The number of aryl methyl sites for hydroxylation is 1. The number of piperidine rings is 1. The van der Waals surface area contributed by atoms with Crippen LogP contribution in [-0.4, -0.2) is 45.8 Å². The van der Waals surface area contributed by atoms with E-state index in [1.54, 1.807) is 6.33 Å². The maximum atomic E-state index is 12.2. The number of nitrogens with two attached hydrogens (primary N) is 1. The van der Waals surface area contributed by atoms with Crippen molar-refractivity contribution in [3.8, 4) is 0 Å². The van der Waals surface area contributed by atoms with Crippen LogP contribution in [0.1, 0.15) is 46.6 Å². The van der Waals surface area contributed by atoms with Gasteiger partial charge in [-0.05, 0) is 32.3 Å². The number of carbonyl (C=O) groups excluding carboxylic acids is 1. The van der Waals surface area contributed by atoms with Gasteiger partial charge in [-0.2, -0.15) is 5.10 Å². The third-order valence-electron chi connectivity index (χ3n) is 5.02. The standard InChI is InChI=1S/C18H22N6O2S/c1-3-26-18(25)15-10(2)14-16(20-9-21-17(14)27-15)24-6-4-11(5-7-24)12-8-13(19)23-22-12/h8-9,11H,3-7H2,1-2H3,(H3,19,22,23). The molecular formula is C18H22N6O2S. The van der Waals surface area contributed by atoms with Crippen LogP contribution in [-0.2, 0) is 4.74 Å². The number of nitrogen functional groups attached to an aromatic ring is 1. The second-order valence-corrected chi connectivity index (χ2v) is 7.66. The Hall–Kier alpha value is -2.68. The average Bonchev–Trinajstić information content (AvgIpc) is 3.26. The highest BCUT2D eigenvalue weighted by molar-refractivity contribution is 7.20. The summed E-state index contributed by atoms with van der Waals surface area (Å²) in [6.07, 6.45) is 3.55. The number of carbonyl (C=O) groups is 1. The van der Waals surface area contributed by atoms with Gasteiger partial charge < -0.3 is 15.4 Å². The molecule has 8 nitrogen and oxygen atoms in total. The van der Waals surface area contributed by atoms with Crippen molar-refractivity contribution < 1.29 is 9.53 Å². The topological polar surface area (TPSA) is 110 Å². The Labute approximate surface area is 160 Å². The average molecular weight is 386 g/mol. The monoisotopic (exact) mass is 386 g/mol. The molecule has 0 amide bonds. The van der Waals surface area contributed by atoms with Crippen molar-refractivity contribution >= 4 is 39.2 Å². The van der Waals surface area contributed by atoms with Gasteiger partial charge in [0.05, 0.1) is 12.0 Å². The van der Waals surface area contributed by atoms with Crippen molar-refractivity contribution in [1.29, 1.82) is 0 Å². The minimum Gasteiger partial charge on any atom is -0.462 e. The zero-order valence-electron chi connectivity index (χ0n) is 15.4. The van der Waals surface area contributed by atoms with Gasteiger partial charge in [0.2, 0.25) is 0 Å². The summed E-state index contributed by atoms with van der Waals surface area (Å²) >= 11 is 1.37. The Morgan fingerprint density at radius 3 is 2.85 bits per heavy atom. The van der Waals surface area contributed by atoms with Crippen molar-refractivity contribution in [1.82, 2.24) is 20.2 Å². The van der Waals surface area contributed by atoms with Gasteiger partial charge >= 0.3 is 5.97 Å². The lowest BCUT2D eigenvalue weighted by Gasteiger charge is -2.32. The second-order valence-electron chi connectivity index (χ2n) is 6.66. The fourth-order valence-electron chi connectivity index (χ4n) is 3.65. The summed E-state index contributed by atoms with van der Waals surface area (Å²) in [5.74, 6) is 1.55. The number of aromatic amines is 1. The largest absolute Gasteiger partial charge is 0.462 e. The van der Waals surface area contributed by atoms with Gasteiger partial charge in [0.1, 0.15) is 27.7 Å². The predicted octanol–water partition coefficient (Wildman–Crippen LogP) is 2.87. The minimum absolute atomic E-state index is 0.292. The van der Waals surface area contributed by atoms with E-state index in [-0.39, 0.29) is 5.97 Å². The van der Waals surface area contributed by atoms with Gasteiger partial charge in [-0.25, -0.2) is 14.8 Å². The molecule has 0 bridgehead atoms. The van der Waals surface area contributed by atoms with Crippen LogP contribution in [0.2, 0.25) is 0 Å². The number of thiophene rings is 1. The first-order valence-electron chi connectivity index (χ1n) is 9.05. The van der Waals surface area contributed by atoms with Crippen molar-refractivity contribution in [2.45, 2.75) is 32.6 Å². The summed E-state index contributed by atoms with van der Waals surface area (Å²) < 4.78 is 5.18. The van der Waals surface area contributed by atoms with Crippen LogP contribution in [0.4, 0.5) is 11.6 Å². The molecule has 1 saturated heterocycles. The second kappa shape index (κ2) is 7.15. The number of fused-ring (bicyclic) bond motifs is 1. The molecule has 142 valence electrons. The van der Waals surface area contributed by atoms with Crippen LogP contribution in [0.25, 0.3) is 10.2 Å². The SMILES string of the molecule is CCOC(=O)c1sc2ncnc(N3CCC(c4cc(N)n[nH]4)CC3)c2c1C. The van der Waals surface area contributed by atoms with Crippen molar-refractivity contribution in [2.24, 2.45) is 0 Å². The molecule has 1 aliphatic rings. The molecule has 3 aromatic rings. The molecule has 4 heterocycles. The molecule has 9 heteroatoms. The van der Waals surface area contributed by atoms with Crippen LogP contribution in [0.3, 0.4) is 0 Å². The molecule has 3 aromatic heterocycles. The van der Waals surface area contributed by atoms with E-state index in [4.69, 9.17) is 10.5 Å². The fourth-order valence-corrected chi connectivity index (χ4v) is 4.69. The van der Waals surface area contributed by atoms with Crippen LogP contribution < -0.4 is 10.6 Å². The molecule has 27 heavy (non-hydrogen) atoms. The van der Waals surface area contributed by atoms with E-state index < -0.39 is 0 Å². The molecule has 0 spiro atoms. The lowest BCUT2D eigenvalue weighted by Crippen LogP contribution is -2.33. The smallest absolute Gasteiger partial charge is 0.348 e. The van der Waals surface area contributed by atoms with Gasteiger partial charge in [0.25, 0.3) is 0 Å². The molecular weight excluding hydrogens is 364 g/mol. The summed E-state index contributed by atoms with van der Waals surface area (Å²) in [6.45, 7) is 5.86. The van der Waals surface area contributed by atoms with Gasteiger partial charge in [0, 0.05) is 30.8 Å². The van der Waals surface area contributed by atoms with E-state index in [9.17, 15) is 4.79 Å². The quantitative estimate of drug-likeness (QED) is 0.663. The molecule has 1 fully saturated rings. The van der Waals surface area contributed by atoms with Gasteiger partial charge in [-0.1, -0.05) is 0 Å². The highest BCUT2D eigenvalue weighted by Gasteiger charge is 2.26. The first-order valence-corrected chi connectivity index (χ1v) is 9.87. The Kier molecular flexibility index (Phi) is 4.69. The number of hydrogen-bond donors (Lipinski definition) is 2. The van der Waals surface area contributed by atoms with Crippen LogP contribution in [0.5, 0.6) is 0 Å². The third kappa shape index (κ3) is 3.23. The van der Waals surface area contributed by atoms with E-state index in [1.165, 1.54) is 11.3 Å². The van der Waals surface area contributed by atoms with Crippen LogP contribution in [0.15, 0.2) is 12.4 Å². The number of hydrogen-bond acceptors (Lipinski definition) is 8. The highest BCUT2D eigenvalue weighted by atomic mass is 32.1. The maximum Gasteiger partial charge on any atom is 0.348 e. The fraction of sp³-hybridized carbons (Fsp3) is 0.444. The summed E-state index contributed by atoms with van der Waals surface area (Å²) in [5.41, 5.74) is 7.71. The summed E-state index contributed by atoms with van der Waals surface area (Å²) in [6, 6.07) is 1.91. The number of H-pyrrole nitrogens is 1. The van der Waals surface area contributed by atoms with Crippen molar-refractivity contribution in [3.63, 3.8) is 0 Å². The molecule has 0 aliphatic carbocycles. The Bertz CT molecular complexity index is 974. The number of ether oxygens (including phenoxy) is 1. The maximum absolute atomic E-state index is 12.2. The lowest BCUT2D eigenvalue weighted by atomic mass is 9.93. The van der Waals surface area contributed by atoms with E-state index >= 15 is 0 Å². The number of rotatable bonds is 4. The summed E-state index contributed by atoms with van der Waals surface area (Å²) in [7, 11) is 0. The molecule has 4 rings (SSSR count). The van der Waals surface area contributed by atoms with Gasteiger partial charge in [0.15, 0.2) is 0 Å². The van der Waals surface area contributed by atoms with Crippen molar-refractivity contribution in [2.75, 3.05) is 30.3 Å². The number of esters is 1. The first-order chi connectivity index (χ1) is 13.1. The molecule has 0 atom stereocenters. The Morgan fingerprint density at radius 1 is 1.41 bits per heavy atom. The van der Waals surface area contributed by atoms with E-state index in [2.05, 4.69) is 25.1 Å². The van der Waals surface area contributed by atoms with Crippen molar-refractivity contribution in [3.05, 3.63) is 28.5 Å². The molecule has 3 N–H and O–H groups in total. The zero-order chi connectivity index (χ0) is 19.0. The van der Waals surface area contributed by atoms with Crippen LogP contribution >= 0.6 is 11.3 Å². The first kappa shape index (κ1) is 17.7. The van der Waals surface area contributed by atoms with E-state index in [0.717, 1.165) is 53.2 Å². The molecule has 1 aliphatic heterocycles. The number of anilines is 2. The molecule has 0 unspecified atom stereocenters. The molecule has 0 aromatic carbocycles. The predicted molar refractivity (Wildman–Crippen MR) is 105 cm³/mol. The Balaban J connectivity index is 1.60. The van der Waals surface area contributed by atoms with Gasteiger partial charge in [-0.15, -0.1) is 11.3 Å². The number of nitrogens with one attached hydrogen (secondary N) is 1. The normalized spacial score (nSPS) is 15.4. The summed E-state index contributed by atoms with van der Waals surface area (Å²) in [4.78, 5) is 24.8. The molecule has 0 radical (unpaired) electrons. The van der Waals surface area contributed by atoms with Crippen LogP contribution in [0, 0.1) is 6.92 Å². The highest BCUT2D eigenvalue weighted by Crippen LogP contribution is 2.37. The lowest BCUT2D eigenvalue weighted by molar-refractivity contribution is 0.0531. The Morgan fingerprint density at radius 2 is 2.19 bits per heavy atom. The zero-order valence-corrected chi connectivity index (χ0v) is 16.2. The number of aromatic nitrogens is 4.